The van der Waals surface area contributed by atoms with Crippen LogP contribution < -0.4 is 4.74 Å². The molecule has 1 saturated heterocycles. The fourth-order valence-corrected chi connectivity index (χ4v) is 2.28. The molecule has 1 aliphatic heterocycles. The lowest BCUT2D eigenvalue weighted by Crippen LogP contribution is -2.41. The zero-order chi connectivity index (χ0) is 13.7. The van der Waals surface area contributed by atoms with Crippen molar-refractivity contribution in [2.75, 3.05) is 19.7 Å². The van der Waals surface area contributed by atoms with Gasteiger partial charge in [-0.25, -0.2) is 0 Å². The fourth-order valence-electron chi connectivity index (χ4n) is 2.28. The minimum atomic E-state index is 0.0379. The third-order valence-electron chi connectivity index (χ3n) is 3.36. The molecule has 1 heterocycles. The highest BCUT2D eigenvalue weighted by atomic mass is 16.5. The number of ether oxygens (including phenoxy) is 1. The van der Waals surface area contributed by atoms with Crippen LogP contribution in [0.15, 0.2) is 24.3 Å². The topological polar surface area (TPSA) is 53.3 Å². The Bertz CT molecular complexity index is 476. The van der Waals surface area contributed by atoms with E-state index in [0.717, 1.165) is 19.5 Å². The minimum absolute atomic E-state index is 0.0379. The molecule has 1 atom stereocenters. The summed E-state index contributed by atoms with van der Waals surface area (Å²) in [5.41, 5.74) is 0.587. The maximum absolute atomic E-state index is 12.0. The molecule has 1 fully saturated rings. The zero-order valence-electron chi connectivity index (χ0n) is 11.1. The lowest BCUT2D eigenvalue weighted by molar-refractivity contribution is -0.135. The van der Waals surface area contributed by atoms with Gasteiger partial charge in [-0.3, -0.25) is 4.79 Å². The average molecular weight is 258 g/mol. The van der Waals surface area contributed by atoms with Crippen LogP contribution in [0, 0.1) is 17.2 Å². The van der Waals surface area contributed by atoms with Gasteiger partial charge < -0.3 is 9.64 Å². The molecule has 100 valence electrons. The SMILES string of the molecule is C[C@@H]1CCCN(C(=O)COc2ccc(C#N)cc2)C1. The second kappa shape index (κ2) is 6.24. The predicted octanol–water partition coefficient (Wildman–Crippen LogP) is 2.20. The van der Waals surface area contributed by atoms with Crippen molar-refractivity contribution >= 4 is 5.91 Å². The van der Waals surface area contributed by atoms with Gasteiger partial charge in [0.15, 0.2) is 6.61 Å². The number of amides is 1. The van der Waals surface area contributed by atoms with E-state index in [9.17, 15) is 4.79 Å². The first-order chi connectivity index (χ1) is 9.19. The summed E-state index contributed by atoms with van der Waals surface area (Å²) in [6.07, 6.45) is 2.27. The van der Waals surface area contributed by atoms with Crippen LogP contribution in [0.3, 0.4) is 0 Å². The van der Waals surface area contributed by atoms with Crippen molar-refractivity contribution in [2.45, 2.75) is 19.8 Å². The molecule has 0 N–H and O–H groups in total. The van der Waals surface area contributed by atoms with Crippen LogP contribution in [0.4, 0.5) is 0 Å². The number of carbonyl (C=O) groups is 1. The molecule has 2 rings (SSSR count). The summed E-state index contributed by atoms with van der Waals surface area (Å²) < 4.78 is 5.46. The van der Waals surface area contributed by atoms with Gasteiger partial charge in [0.25, 0.3) is 5.91 Å². The van der Waals surface area contributed by atoms with E-state index >= 15 is 0 Å². The lowest BCUT2D eigenvalue weighted by Gasteiger charge is -2.30. The molecule has 1 amide bonds. The predicted molar refractivity (Wildman–Crippen MR) is 71.6 cm³/mol. The quantitative estimate of drug-likeness (QED) is 0.835. The molecule has 1 aliphatic rings. The second-order valence-electron chi connectivity index (χ2n) is 5.01. The normalized spacial score (nSPS) is 18.7. The van der Waals surface area contributed by atoms with Gasteiger partial charge in [-0.15, -0.1) is 0 Å². The highest BCUT2D eigenvalue weighted by Crippen LogP contribution is 2.16. The molecule has 0 saturated carbocycles. The van der Waals surface area contributed by atoms with Crippen molar-refractivity contribution in [1.82, 2.24) is 4.90 Å². The molecule has 0 unspecified atom stereocenters. The monoisotopic (exact) mass is 258 g/mol. The van der Waals surface area contributed by atoms with Crippen molar-refractivity contribution in [3.05, 3.63) is 29.8 Å². The zero-order valence-corrected chi connectivity index (χ0v) is 11.1. The molecule has 0 aliphatic carbocycles. The number of rotatable bonds is 3. The first kappa shape index (κ1) is 13.4. The Balaban J connectivity index is 1.84. The standard InChI is InChI=1S/C15H18N2O2/c1-12-3-2-8-17(10-12)15(18)11-19-14-6-4-13(9-16)5-7-14/h4-7,12H,2-3,8,10-11H2,1H3/t12-/m1/s1. The maximum Gasteiger partial charge on any atom is 0.260 e. The summed E-state index contributed by atoms with van der Waals surface area (Å²) in [4.78, 5) is 13.9. The molecule has 1 aromatic rings. The third kappa shape index (κ3) is 3.72. The minimum Gasteiger partial charge on any atom is -0.484 e. The Morgan fingerprint density at radius 2 is 2.21 bits per heavy atom. The van der Waals surface area contributed by atoms with Crippen molar-refractivity contribution in [3.8, 4) is 11.8 Å². The van der Waals surface area contributed by atoms with E-state index in [1.165, 1.54) is 6.42 Å². The number of carbonyl (C=O) groups excluding carboxylic acids is 1. The number of hydrogen-bond acceptors (Lipinski definition) is 3. The van der Waals surface area contributed by atoms with Gasteiger partial charge in [0, 0.05) is 13.1 Å². The Labute approximate surface area is 113 Å². The van der Waals surface area contributed by atoms with E-state index in [-0.39, 0.29) is 12.5 Å². The number of nitriles is 1. The van der Waals surface area contributed by atoms with Gasteiger partial charge in [-0.1, -0.05) is 6.92 Å². The summed E-state index contributed by atoms with van der Waals surface area (Å²) in [6.45, 7) is 3.90. The van der Waals surface area contributed by atoms with Crippen LogP contribution in [-0.2, 0) is 4.79 Å². The van der Waals surface area contributed by atoms with Crippen molar-refractivity contribution in [3.63, 3.8) is 0 Å². The summed E-state index contributed by atoms with van der Waals surface area (Å²) in [6, 6.07) is 8.84. The first-order valence-electron chi connectivity index (χ1n) is 6.60. The van der Waals surface area contributed by atoms with E-state index in [0.29, 0.717) is 17.2 Å². The molecule has 0 aromatic heterocycles. The highest BCUT2D eigenvalue weighted by Gasteiger charge is 2.20. The van der Waals surface area contributed by atoms with E-state index in [1.807, 2.05) is 11.0 Å². The summed E-state index contributed by atoms with van der Waals surface area (Å²) >= 11 is 0. The Morgan fingerprint density at radius 1 is 1.47 bits per heavy atom. The summed E-state index contributed by atoms with van der Waals surface area (Å²) in [5.74, 6) is 1.24. The number of piperidine rings is 1. The number of hydrogen-bond donors (Lipinski definition) is 0. The van der Waals surface area contributed by atoms with E-state index < -0.39 is 0 Å². The van der Waals surface area contributed by atoms with E-state index in [1.54, 1.807) is 24.3 Å². The van der Waals surface area contributed by atoms with Gasteiger partial charge in [0.1, 0.15) is 5.75 Å². The first-order valence-corrected chi connectivity index (χ1v) is 6.60. The molecule has 19 heavy (non-hydrogen) atoms. The van der Waals surface area contributed by atoms with Crippen LogP contribution >= 0.6 is 0 Å². The summed E-state index contributed by atoms with van der Waals surface area (Å²) in [7, 11) is 0. The van der Waals surface area contributed by atoms with Gasteiger partial charge in [0.2, 0.25) is 0 Å². The number of benzene rings is 1. The van der Waals surface area contributed by atoms with Crippen LogP contribution in [0.25, 0.3) is 0 Å². The smallest absolute Gasteiger partial charge is 0.260 e. The van der Waals surface area contributed by atoms with Gasteiger partial charge >= 0.3 is 0 Å². The number of likely N-dealkylation sites (tertiary alicyclic amines) is 1. The Hall–Kier alpha value is -2.02. The lowest BCUT2D eigenvalue weighted by atomic mass is 10.0. The van der Waals surface area contributed by atoms with Crippen LogP contribution in [0.5, 0.6) is 5.75 Å². The molecule has 4 heteroatoms. The van der Waals surface area contributed by atoms with Crippen molar-refractivity contribution < 1.29 is 9.53 Å². The van der Waals surface area contributed by atoms with Crippen LogP contribution in [-0.4, -0.2) is 30.5 Å². The maximum atomic E-state index is 12.0. The van der Waals surface area contributed by atoms with Crippen LogP contribution in [0.1, 0.15) is 25.3 Å². The largest absolute Gasteiger partial charge is 0.484 e. The van der Waals surface area contributed by atoms with E-state index in [2.05, 4.69) is 6.92 Å². The van der Waals surface area contributed by atoms with Gasteiger partial charge in [0.05, 0.1) is 11.6 Å². The summed E-state index contributed by atoms with van der Waals surface area (Å²) in [5, 5.41) is 8.69. The average Bonchev–Trinajstić information content (AvgIpc) is 2.45. The van der Waals surface area contributed by atoms with Gasteiger partial charge in [-0.2, -0.15) is 5.26 Å². The molecule has 0 radical (unpaired) electrons. The highest BCUT2D eigenvalue weighted by molar-refractivity contribution is 5.77. The number of nitrogens with zero attached hydrogens (tertiary/aromatic N) is 2. The molecular weight excluding hydrogens is 240 g/mol. The Morgan fingerprint density at radius 3 is 2.84 bits per heavy atom. The molecule has 0 spiro atoms. The van der Waals surface area contributed by atoms with Crippen molar-refractivity contribution in [1.29, 1.82) is 5.26 Å². The Kier molecular flexibility index (Phi) is 4.40. The van der Waals surface area contributed by atoms with E-state index in [4.69, 9.17) is 10.00 Å². The second-order valence-corrected chi connectivity index (χ2v) is 5.01. The molecular formula is C15H18N2O2. The fraction of sp³-hybridized carbons (Fsp3) is 0.467. The van der Waals surface area contributed by atoms with Gasteiger partial charge in [-0.05, 0) is 43.0 Å². The van der Waals surface area contributed by atoms with Crippen molar-refractivity contribution in [2.24, 2.45) is 5.92 Å². The van der Waals surface area contributed by atoms with Crippen LogP contribution in [0.2, 0.25) is 0 Å². The third-order valence-corrected chi connectivity index (χ3v) is 3.36. The molecule has 1 aromatic carbocycles. The molecule has 0 bridgehead atoms. The molecule has 4 nitrogen and oxygen atoms in total.